The molecule has 0 amide bonds. The fourth-order valence-corrected chi connectivity index (χ4v) is 2.70. The van der Waals surface area contributed by atoms with Crippen molar-refractivity contribution in [2.75, 3.05) is 0 Å². The van der Waals surface area contributed by atoms with Crippen LogP contribution in [0.5, 0.6) is 0 Å². The van der Waals surface area contributed by atoms with Crippen molar-refractivity contribution in [3.05, 3.63) is 81.7 Å². The van der Waals surface area contributed by atoms with Gasteiger partial charge in [0.15, 0.2) is 11.5 Å². The summed E-state index contributed by atoms with van der Waals surface area (Å²) in [5.41, 5.74) is 0.362. The Labute approximate surface area is 140 Å². The SMILES string of the molecule is O=C1C(O)=C(c2ccc(Br)cc2)C(=O)C(O)=C1c1ccccc1. The second-order valence-electron chi connectivity index (χ2n) is 4.98. The summed E-state index contributed by atoms with van der Waals surface area (Å²) in [4.78, 5) is 24.9. The van der Waals surface area contributed by atoms with Gasteiger partial charge in [-0.15, -0.1) is 0 Å². The van der Waals surface area contributed by atoms with Crippen molar-refractivity contribution < 1.29 is 19.8 Å². The summed E-state index contributed by atoms with van der Waals surface area (Å²) in [5.74, 6) is -2.86. The molecule has 0 saturated heterocycles. The van der Waals surface area contributed by atoms with E-state index < -0.39 is 23.1 Å². The van der Waals surface area contributed by atoms with E-state index in [0.717, 1.165) is 4.47 Å². The van der Waals surface area contributed by atoms with Gasteiger partial charge in [0.25, 0.3) is 0 Å². The van der Waals surface area contributed by atoms with Gasteiger partial charge in [-0.3, -0.25) is 9.59 Å². The molecule has 2 N–H and O–H groups in total. The van der Waals surface area contributed by atoms with Crippen LogP contribution in [0.1, 0.15) is 11.1 Å². The minimum absolute atomic E-state index is 0.186. The number of Topliss-reactive ketones (excluding diaryl/α,β-unsaturated/α-hetero) is 2. The summed E-state index contributed by atoms with van der Waals surface area (Å²) in [6.45, 7) is 0. The first-order chi connectivity index (χ1) is 11.0. The molecule has 0 heterocycles. The number of carbonyl (C=O) groups is 2. The molecule has 0 atom stereocenters. The van der Waals surface area contributed by atoms with Gasteiger partial charge in [-0.1, -0.05) is 58.4 Å². The van der Waals surface area contributed by atoms with E-state index in [1.807, 2.05) is 0 Å². The van der Waals surface area contributed by atoms with Crippen molar-refractivity contribution in [2.24, 2.45) is 0 Å². The van der Waals surface area contributed by atoms with E-state index in [0.29, 0.717) is 11.1 Å². The van der Waals surface area contributed by atoms with Crippen LogP contribution in [0, 0.1) is 0 Å². The lowest BCUT2D eigenvalue weighted by atomic mass is 9.86. The molecule has 0 fully saturated rings. The van der Waals surface area contributed by atoms with Crippen molar-refractivity contribution >= 4 is 38.6 Å². The lowest BCUT2D eigenvalue weighted by Crippen LogP contribution is -2.22. The largest absolute Gasteiger partial charge is 0.504 e. The van der Waals surface area contributed by atoms with Crippen LogP contribution in [-0.2, 0) is 9.59 Å². The summed E-state index contributed by atoms with van der Waals surface area (Å²) in [6, 6.07) is 14.8. The van der Waals surface area contributed by atoms with Crippen molar-refractivity contribution in [1.29, 1.82) is 0 Å². The average molecular weight is 371 g/mol. The zero-order valence-corrected chi connectivity index (χ0v) is 13.4. The Kier molecular flexibility index (Phi) is 3.88. The van der Waals surface area contributed by atoms with Gasteiger partial charge in [-0.25, -0.2) is 0 Å². The van der Waals surface area contributed by atoms with Crippen LogP contribution in [0.4, 0.5) is 0 Å². The normalized spacial score (nSPS) is 15.3. The molecule has 0 aromatic heterocycles. The molecule has 0 spiro atoms. The van der Waals surface area contributed by atoms with E-state index in [4.69, 9.17) is 0 Å². The van der Waals surface area contributed by atoms with Crippen LogP contribution in [-0.4, -0.2) is 21.8 Å². The molecule has 0 saturated carbocycles. The number of halogens is 1. The first kappa shape index (κ1) is 15.2. The Hall–Kier alpha value is -2.66. The van der Waals surface area contributed by atoms with E-state index in [-0.39, 0.29) is 11.1 Å². The number of aliphatic hydroxyl groups excluding tert-OH is 2. The fourth-order valence-electron chi connectivity index (χ4n) is 2.44. The van der Waals surface area contributed by atoms with Gasteiger partial charge in [0.05, 0.1) is 11.1 Å². The van der Waals surface area contributed by atoms with E-state index in [9.17, 15) is 19.8 Å². The number of hydrogen-bond donors (Lipinski definition) is 2. The summed E-state index contributed by atoms with van der Waals surface area (Å²) < 4.78 is 0.792. The van der Waals surface area contributed by atoms with Crippen LogP contribution in [0.25, 0.3) is 11.1 Å². The third kappa shape index (κ3) is 2.59. The highest BCUT2D eigenvalue weighted by Crippen LogP contribution is 2.34. The molecule has 1 aliphatic carbocycles. The molecular weight excluding hydrogens is 360 g/mol. The number of aliphatic hydroxyl groups is 2. The van der Waals surface area contributed by atoms with Crippen molar-refractivity contribution in [3.8, 4) is 0 Å². The predicted octanol–water partition coefficient (Wildman–Crippen LogP) is 3.84. The van der Waals surface area contributed by atoms with Crippen molar-refractivity contribution in [3.63, 3.8) is 0 Å². The number of carbonyl (C=O) groups excluding carboxylic acids is 2. The molecule has 0 unspecified atom stereocenters. The number of benzene rings is 2. The Morgan fingerprint density at radius 3 is 1.57 bits per heavy atom. The summed E-state index contributed by atoms with van der Waals surface area (Å²) >= 11 is 3.27. The summed E-state index contributed by atoms with van der Waals surface area (Å²) in [7, 11) is 0. The molecule has 2 aromatic carbocycles. The minimum Gasteiger partial charge on any atom is -0.504 e. The second-order valence-corrected chi connectivity index (χ2v) is 5.89. The highest BCUT2D eigenvalue weighted by molar-refractivity contribution is 9.10. The number of allylic oxidation sites excluding steroid dienone is 2. The van der Waals surface area contributed by atoms with Gasteiger partial charge >= 0.3 is 0 Å². The molecule has 3 rings (SSSR count). The van der Waals surface area contributed by atoms with E-state index >= 15 is 0 Å². The molecule has 0 bridgehead atoms. The van der Waals surface area contributed by atoms with E-state index in [1.165, 1.54) is 0 Å². The van der Waals surface area contributed by atoms with E-state index in [2.05, 4.69) is 15.9 Å². The zero-order valence-electron chi connectivity index (χ0n) is 11.8. The van der Waals surface area contributed by atoms with Gasteiger partial charge in [-0.05, 0) is 23.3 Å². The van der Waals surface area contributed by atoms with Crippen LogP contribution >= 0.6 is 15.9 Å². The van der Waals surface area contributed by atoms with Crippen LogP contribution in [0.15, 0.2) is 70.6 Å². The maximum Gasteiger partial charge on any atom is 0.232 e. The molecule has 1 aliphatic rings. The van der Waals surface area contributed by atoms with Gasteiger partial charge in [0.1, 0.15) is 0 Å². The molecular formula is C18H11BrO4. The van der Waals surface area contributed by atoms with Gasteiger partial charge in [0, 0.05) is 4.47 Å². The van der Waals surface area contributed by atoms with Crippen molar-refractivity contribution in [1.82, 2.24) is 0 Å². The second kappa shape index (κ2) is 5.85. The molecule has 5 heteroatoms. The average Bonchev–Trinajstić information content (AvgIpc) is 2.56. The smallest absolute Gasteiger partial charge is 0.232 e. The first-order valence-corrected chi connectivity index (χ1v) is 7.57. The number of rotatable bonds is 2. The van der Waals surface area contributed by atoms with Gasteiger partial charge in [-0.2, -0.15) is 0 Å². The highest BCUT2D eigenvalue weighted by atomic mass is 79.9. The Morgan fingerprint density at radius 2 is 1.09 bits per heavy atom. The van der Waals surface area contributed by atoms with Crippen molar-refractivity contribution in [2.45, 2.75) is 0 Å². The highest BCUT2D eigenvalue weighted by Gasteiger charge is 2.36. The third-order valence-electron chi connectivity index (χ3n) is 3.55. The standard InChI is InChI=1S/C18H11BrO4/c19-12-8-6-11(7-9-12)14-17(22)15(20)13(16(21)18(14)23)10-4-2-1-3-5-10/h1-9,20,23H. The fraction of sp³-hybridized carbons (Fsp3) is 0. The first-order valence-electron chi connectivity index (χ1n) is 6.78. The summed E-state index contributed by atoms with van der Waals surface area (Å²) in [5, 5.41) is 20.5. The third-order valence-corrected chi connectivity index (χ3v) is 4.08. The van der Waals surface area contributed by atoms with Gasteiger partial charge < -0.3 is 10.2 Å². The van der Waals surface area contributed by atoms with E-state index in [1.54, 1.807) is 54.6 Å². The zero-order chi connectivity index (χ0) is 16.6. The monoisotopic (exact) mass is 370 g/mol. The molecule has 4 nitrogen and oxygen atoms in total. The Balaban J connectivity index is 2.14. The lowest BCUT2D eigenvalue weighted by Gasteiger charge is -2.18. The topological polar surface area (TPSA) is 74.6 Å². The van der Waals surface area contributed by atoms with Crippen LogP contribution in [0.3, 0.4) is 0 Å². The van der Waals surface area contributed by atoms with Crippen LogP contribution in [0.2, 0.25) is 0 Å². The maximum atomic E-state index is 12.5. The molecule has 2 aromatic rings. The molecule has 0 aliphatic heterocycles. The maximum absolute atomic E-state index is 12.5. The molecule has 0 radical (unpaired) electrons. The van der Waals surface area contributed by atoms with Gasteiger partial charge in [0.2, 0.25) is 11.6 Å². The Morgan fingerprint density at radius 1 is 0.652 bits per heavy atom. The predicted molar refractivity (Wildman–Crippen MR) is 89.7 cm³/mol. The minimum atomic E-state index is -0.775. The lowest BCUT2D eigenvalue weighted by molar-refractivity contribution is -0.116. The quantitative estimate of drug-likeness (QED) is 0.787. The number of ketones is 2. The van der Waals surface area contributed by atoms with Crippen LogP contribution < -0.4 is 0 Å². The molecule has 114 valence electrons. The number of hydrogen-bond acceptors (Lipinski definition) is 4. The summed E-state index contributed by atoms with van der Waals surface area (Å²) in [6.07, 6.45) is 0. The Bertz CT molecular complexity index is 862. The molecule has 23 heavy (non-hydrogen) atoms.